The van der Waals surface area contributed by atoms with Crippen molar-refractivity contribution in [1.29, 1.82) is 0 Å². The number of carbonyl (C=O) groups is 2. The molecule has 0 atom stereocenters. The number of thiophene rings is 1. The highest BCUT2D eigenvalue weighted by molar-refractivity contribution is 9.11. The summed E-state index contributed by atoms with van der Waals surface area (Å²) < 4.78 is 1.12. The van der Waals surface area contributed by atoms with Gasteiger partial charge < -0.3 is 5.32 Å². The van der Waals surface area contributed by atoms with Gasteiger partial charge in [-0.2, -0.15) is 0 Å². The van der Waals surface area contributed by atoms with Gasteiger partial charge in [0.1, 0.15) is 5.78 Å². The van der Waals surface area contributed by atoms with Gasteiger partial charge in [0.15, 0.2) is 0 Å². The number of hydrogen-bond donors (Lipinski definition) is 1. The normalized spacial score (nSPS) is 16.8. The number of hydrogen-bond acceptors (Lipinski definition) is 3. The second-order valence-electron chi connectivity index (χ2n) is 4.56. The summed E-state index contributed by atoms with van der Waals surface area (Å²) in [6.07, 6.45) is 3.43. The lowest BCUT2D eigenvalue weighted by Crippen LogP contribution is -2.34. The summed E-state index contributed by atoms with van der Waals surface area (Å²) in [7, 11) is 0. The Balaban J connectivity index is 1.70. The minimum absolute atomic E-state index is 0.0396. The van der Waals surface area contributed by atoms with E-state index in [1.54, 1.807) is 11.3 Å². The Morgan fingerprint density at radius 1 is 1.39 bits per heavy atom. The van der Waals surface area contributed by atoms with Crippen LogP contribution in [0.4, 0.5) is 0 Å². The molecule has 1 saturated carbocycles. The van der Waals surface area contributed by atoms with Crippen LogP contribution in [0.1, 0.15) is 30.6 Å². The van der Waals surface area contributed by atoms with Gasteiger partial charge >= 0.3 is 0 Å². The topological polar surface area (TPSA) is 46.2 Å². The Morgan fingerprint density at radius 2 is 2.11 bits per heavy atom. The van der Waals surface area contributed by atoms with E-state index in [9.17, 15) is 9.59 Å². The van der Waals surface area contributed by atoms with Gasteiger partial charge in [-0.05, 0) is 47.3 Å². The standard InChI is InChI=1S/C13H16BrNO2S/c14-12-6-5-11(18-12)7-8-15-13(17)9-1-3-10(16)4-2-9/h5-6,9H,1-4,7-8H2,(H,15,17). The first-order valence-corrected chi connectivity index (χ1v) is 7.80. The second-order valence-corrected chi connectivity index (χ2v) is 7.11. The van der Waals surface area contributed by atoms with Crippen molar-refractivity contribution < 1.29 is 9.59 Å². The lowest BCUT2D eigenvalue weighted by Gasteiger charge is -2.19. The number of Topliss-reactive ketones (excluding diaryl/α,β-unsaturated/α-hetero) is 1. The van der Waals surface area contributed by atoms with Crippen LogP contribution in [0.3, 0.4) is 0 Å². The van der Waals surface area contributed by atoms with Crippen molar-refractivity contribution in [2.45, 2.75) is 32.1 Å². The van der Waals surface area contributed by atoms with Gasteiger partial charge in [0, 0.05) is 30.2 Å². The maximum absolute atomic E-state index is 11.9. The summed E-state index contributed by atoms with van der Waals surface area (Å²) in [6.45, 7) is 0.677. The molecule has 0 aromatic carbocycles. The number of carbonyl (C=O) groups excluding carboxylic acids is 2. The molecule has 0 radical (unpaired) electrons. The highest BCUT2D eigenvalue weighted by Crippen LogP contribution is 2.23. The molecule has 1 amide bonds. The molecule has 1 aliphatic rings. The van der Waals surface area contributed by atoms with Crippen molar-refractivity contribution in [2.24, 2.45) is 5.92 Å². The van der Waals surface area contributed by atoms with E-state index in [0.717, 1.165) is 23.0 Å². The van der Waals surface area contributed by atoms with Crippen LogP contribution in [0.25, 0.3) is 0 Å². The monoisotopic (exact) mass is 329 g/mol. The fourth-order valence-corrected chi connectivity index (χ4v) is 3.62. The van der Waals surface area contributed by atoms with Gasteiger partial charge in [-0.3, -0.25) is 9.59 Å². The summed E-state index contributed by atoms with van der Waals surface area (Å²) in [5.74, 6) is 0.443. The number of halogens is 1. The van der Waals surface area contributed by atoms with Crippen LogP contribution in [0.5, 0.6) is 0 Å². The van der Waals surface area contributed by atoms with E-state index in [-0.39, 0.29) is 11.8 Å². The largest absolute Gasteiger partial charge is 0.356 e. The molecule has 98 valence electrons. The zero-order valence-electron chi connectivity index (χ0n) is 10.1. The lowest BCUT2D eigenvalue weighted by atomic mass is 9.88. The third kappa shape index (κ3) is 3.92. The van der Waals surface area contributed by atoms with Crippen molar-refractivity contribution >= 4 is 39.0 Å². The molecule has 1 N–H and O–H groups in total. The summed E-state index contributed by atoms with van der Waals surface area (Å²) in [4.78, 5) is 24.2. The average molecular weight is 330 g/mol. The van der Waals surface area contributed by atoms with Crippen LogP contribution in [-0.4, -0.2) is 18.2 Å². The number of nitrogens with one attached hydrogen (secondary N) is 1. The van der Waals surface area contributed by atoms with Crippen LogP contribution >= 0.6 is 27.3 Å². The molecular weight excluding hydrogens is 314 g/mol. The van der Waals surface area contributed by atoms with Gasteiger partial charge in [0.05, 0.1) is 3.79 Å². The molecule has 18 heavy (non-hydrogen) atoms. The van der Waals surface area contributed by atoms with Gasteiger partial charge in [-0.1, -0.05) is 0 Å². The van der Waals surface area contributed by atoms with Crippen LogP contribution < -0.4 is 5.32 Å². The Hall–Kier alpha value is -0.680. The SMILES string of the molecule is O=C1CCC(C(=O)NCCc2ccc(Br)s2)CC1. The third-order valence-electron chi connectivity index (χ3n) is 3.21. The molecule has 1 aliphatic carbocycles. The minimum Gasteiger partial charge on any atom is -0.356 e. The number of ketones is 1. The van der Waals surface area contributed by atoms with Crippen molar-refractivity contribution in [2.75, 3.05) is 6.54 Å². The zero-order chi connectivity index (χ0) is 13.0. The first-order chi connectivity index (χ1) is 8.65. The third-order valence-corrected chi connectivity index (χ3v) is 4.90. The summed E-state index contributed by atoms with van der Waals surface area (Å²) in [6, 6.07) is 4.09. The molecule has 1 heterocycles. The molecule has 1 aromatic heterocycles. The Morgan fingerprint density at radius 3 is 2.72 bits per heavy atom. The van der Waals surface area contributed by atoms with Crippen molar-refractivity contribution in [3.05, 3.63) is 20.8 Å². The molecule has 0 saturated heterocycles. The summed E-state index contributed by atoms with van der Waals surface area (Å²) in [5.41, 5.74) is 0. The predicted molar refractivity (Wildman–Crippen MR) is 75.7 cm³/mol. The Bertz CT molecular complexity index is 434. The molecule has 2 rings (SSSR count). The van der Waals surface area contributed by atoms with Crippen molar-refractivity contribution in [3.63, 3.8) is 0 Å². The van der Waals surface area contributed by atoms with E-state index in [0.29, 0.717) is 25.2 Å². The smallest absolute Gasteiger partial charge is 0.223 e. The number of amides is 1. The molecule has 0 spiro atoms. The highest BCUT2D eigenvalue weighted by atomic mass is 79.9. The molecule has 3 nitrogen and oxygen atoms in total. The van der Waals surface area contributed by atoms with Gasteiger partial charge in [0.2, 0.25) is 5.91 Å². The molecular formula is C13H16BrNO2S. The average Bonchev–Trinajstić information content (AvgIpc) is 2.76. The van der Waals surface area contributed by atoms with E-state index >= 15 is 0 Å². The maximum Gasteiger partial charge on any atom is 0.223 e. The quantitative estimate of drug-likeness (QED) is 0.923. The first-order valence-electron chi connectivity index (χ1n) is 6.19. The zero-order valence-corrected chi connectivity index (χ0v) is 12.5. The van der Waals surface area contributed by atoms with Gasteiger partial charge in [-0.15, -0.1) is 11.3 Å². The molecule has 0 aliphatic heterocycles. The summed E-state index contributed by atoms with van der Waals surface area (Å²) in [5, 5.41) is 2.97. The molecule has 1 fully saturated rings. The van der Waals surface area contributed by atoms with Crippen molar-refractivity contribution in [1.82, 2.24) is 5.32 Å². The van der Waals surface area contributed by atoms with Crippen LogP contribution in [0.15, 0.2) is 15.9 Å². The summed E-state index contributed by atoms with van der Waals surface area (Å²) >= 11 is 5.12. The fraction of sp³-hybridized carbons (Fsp3) is 0.538. The van der Waals surface area contributed by atoms with Crippen LogP contribution in [0.2, 0.25) is 0 Å². The Kier molecular flexibility index (Phi) is 4.95. The van der Waals surface area contributed by atoms with E-state index < -0.39 is 0 Å². The Labute approximate surface area is 119 Å². The van der Waals surface area contributed by atoms with Crippen LogP contribution in [0, 0.1) is 5.92 Å². The molecule has 5 heteroatoms. The van der Waals surface area contributed by atoms with Gasteiger partial charge in [0.25, 0.3) is 0 Å². The van der Waals surface area contributed by atoms with E-state index in [4.69, 9.17) is 0 Å². The van der Waals surface area contributed by atoms with E-state index in [1.807, 2.05) is 6.07 Å². The molecule has 1 aromatic rings. The first kappa shape index (κ1) is 13.7. The predicted octanol–water partition coefficient (Wildman–Crippen LogP) is 2.93. The molecule has 0 unspecified atom stereocenters. The lowest BCUT2D eigenvalue weighted by molar-refractivity contribution is -0.128. The molecule has 0 bridgehead atoms. The maximum atomic E-state index is 11.9. The van der Waals surface area contributed by atoms with Crippen LogP contribution in [-0.2, 0) is 16.0 Å². The number of rotatable bonds is 4. The highest BCUT2D eigenvalue weighted by Gasteiger charge is 2.24. The second kappa shape index (κ2) is 6.48. The van der Waals surface area contributed by atoms with E-state index in [2.05, 4.69) is 27.3 Å². The van der Waals surface area contributed by atoms with E-state index in [1.165, 1.54) is 4.88 Å². The fourth-order valence-electron chi connectivity index (χ4n) is 2.14. The van der Waals surface area contributed by atoms with Gasteiger partial charge in [-0.25, -0.2) is 0 Å². The minimum atomic E-state index is 0.0396. The van der Waals surface area contributed by atoms with Crippen molar-refractivity contribution in [3.8, 4) is 0 Å².